The highest BCUT2D eigenvalue weighted by molar-refractivity contribution is 5.27. The van der Waals surface area contributed by atoms with E-state index >= 15 is 0 Å². The molecule has 1 rings (SSSR count). The van der Waals surface area contributed by atoms with E-state index in [9.17, 15) is 0 Å². The Morgan fingerprint density at radius 3 is 2.67 bits per heavy atom. The number of benzene rings is 1. The number of hydrogen-bond donors (Lipinski definition) is 2. The molecule has 0 aromatic heterocycles. The third-order valence-corrected chi connectivity index (χ3v) is 2.01. The molecule has 12 heavy (non-hydrogen) atoms. The van der Waals surface area contributed by atoms with Crippen LogP contribution in [0.4, 0.5) is 0 Å². The van der Waals surface area contributed by atoms with E-state index in [1.165, 1.54) is 0 Å². The van der Waals surface area contributed by atoms with E-state index in [-0.39, 0.29) is 6.61 Å². The summed E-state index contributed by atoms with van der Waals surface area (Å²) < 4.78 is 0. The molecule has 0 fully saturated rings. The standard InChI is InChI=1S/C10H15NO/c1-8-4-3-5-9(6-8)10(2,11)7-12/h3-6,12H,7,11H2,1-2H3/t10-/m0/s1. The van der Waals surface area contributed by atoms with Crippen LogP contribution in [0, 0.1) is 6.92 Å². The monoisotopic (exact) mass is 165 g/mol. The van der Waals surface area contributed by atoms with Crippen LogP contribution in [0.1, 0.15) is 18.1 Å². The van der Waals surface area contributed by atoms with E-state index in [0.29, 0.717) is 0 Å². The Hall–Kier alpha value is -0.860. The van der Waals surface area contributed by atoms with Gasteiger partial charge in [-0.15, -0.1) is 0 Å². The molecule has 0 aliphatic carbocycles. The lowest BCUT2D eigenvalue weighted by Crippen LogP contribution is -2.36. The van der Waals surface area contributed by atoms with Crippen molar-refractivity contribution in [2.24, 2.45) is 5.73 Å². The van der Waals surface area contributed by atoms with E-state index in [4.69, 9.17) is 10.8 Å². The number of aliphatic hydroxyl groups is 1. The number of hydrogen-bond acceptors (Lipinski definition) is 2. The molecule has 0 heterocycles. The fourth-order valence-corrected chi connectivity index (χ4v) is 1.09. The SMILES string of the molecule is Cc1cccc([C@@](C)(N)CO)c1. The molecule has 66 valence electrons. The summed E-state index contributed by atoms with van der Waals surface area (Å²) in [7, 11) is 0. The van der Waals surface area contributed by atoms with Gasteiger partial charge >= 0.3 is 0 Å². The van der Waals surface area contributed by atoms with Crippen LogP contribution in [-0.2, 0) is 5.54 Å². The van der Waals surface area contributed by atoms with Crippen LogP contribution in [0.15, 0.2) is 24.3 Å². The van der Waals surface area contributed by atoms with Crippen molar-refractivity contribution in [3.63, 3.8) is 0 Å². The number of nitrogens with two attached hydrogens (primary N) is 1. The van der Waals surface area contributed by atoms with Gasteiger partial charge in [0.2, 0.25) is 0 Å². The Balaban J connectivity index is 3.03. The van der Waals surface area contributed by atoms with Gasteiger partial charge < -0.3 is 10.8 Å². The lowest BCUT2D eigenvalue weighted by atomic mass is 9.93. The van der Waals surface area contributed by atoms with Crippen LogP contribution in [0.25, 0.3) is 0 Å². The van der Waals surface area contributed by atoms with Crippen LogP contribution < -0.4 is 5.73 Å². The molecular weight excluding hydrogens is 150 g/mol. The third-order valence-electron chi connectivity index (χ3n) is 2.01. The lowest BCUT2D eigenvalue weighted by Gasteiger charge is -2.22. The van der Waals surface area contributed by atoms with Crippen molar-refractivity contribution >= 4 is 0 Å². The molecule has 1 aromatic rings. The van der Waals surface area contributed by atoms with Crippen LogP contribution in [0.2, 0.25) is 0 Å². The van der Waals surface area contributed by atoms with Gasteiger partial charge in [-0.3, -0.25) is 0 Å². The Kier molecular flexibility index (Phi) is 2.50. The van der Waals surface area contributed by atoms with Gasteiger partial charge in [0.25, 0.3) is 0 Å². The Labute approximate surface area is 73.0 Å². The van der Waals surface area contributed by atoms with Crippen molar-refractivity contribution in [3.05, 3.63) is 35.4 Å². The van der Waals surface area contributed by atoms with Gasteiger partial charge in [0.15, 0.2) is 0 Å². The molecule has 0 radical (unpaired) electrons. The second-order valence-electron chi connectivity index (χ2n) is 3.45. The predicted octanol–water partition coefficient (Wildman–Crippen LogP) is 1.16. The van der Waals surface area contributed by atoms with Gasteiger partial charge in [0.1, 0.15) is 0 Å². The minimum absolute atomic E-state index is 0.0313. The zero-order valence-corrected chi connectivity index (χ0v) is 7.54. The normalized spacial score (nSPS) is 15.7. The van der Waals surface area contributed by atoms with Crippen molar-refractivity contribution in [2.75, 3.05) is 6.61 Å². The van der Waals surface area contributed by atoms with Crippen molar-refractivity contribution in [1.82, 2.24) is 0 Å². The van der Waals surface area contributed by atoms with Gasteiger partial charge in [-0.05, 0) is 19.4 Å². The molecule has 0 aliphatic rings. The number of aryl methyl sites for hydroxylation is 1. The Morgan fingerprint density at radius 2 is 2.17 bits per heavy atom. The van der Waals surface area contributed by atoms with Crippen molar-refractivity contribution in [1.29, 1.82) is 0 Å². The zero-order valence-electron chi connectivity index (χ0n) is 7.54. The molecular formula is C10H15NO. The average Bonchev–Trinajstić information content (AvgIpc) is 2.05. The Morgan fingerprint density at radius 1 is 1.50 bits per heavy atom. The smallest absolute Gasteiger partial charge is 0.0650 e. The van der Waals surface area contributed by atoms with Crippen LogP contribution in [0.5, 0.6) is 0 Å². The quantitative estimate of drug-likeness (QED) is 0.690. The Bertz CT molecular complexity index is 268. The van der Waals surface area contributed by atoms with E-state index in [2.05, 4.69) is 0 Å². The molecule has 2 nitrogen and oxygen atoms in total. The predicted molar refractivity (Wildman–Crippen MR) is 49.8 cm³/mol. The molecule has 0 unspecified atom stereocenters. The summed E-state index contributed by atoms with van der Waals surface area (Å²) in [6.45, 7) is 3.80. The van der Waals surface area contributed by atoms with Crippen LogP contribution >= 0.6 is 0 Å². The summed E-state index contributed by atoms with van der Waals surface area (Å²) in [5.74, 6) is 0. The fraction of sp³-hybridized carbons (Fsp3) is 0.400. The summed E-state index contributed by atoms with van der Waals surface area (Å²) in [4.78, 5) is 0. The third kappa shape index (κ3) is 1.84. The molecule has 0 amide bonds. The molecule has 3 N–H and O–H groups in total. The highest BCUT2D eigenvalue weighted by atomic mass is 16.3. The van der Waals surface area contributed by atoms with Crippen molar-refractivity contribution < 1.29 is 5.11 Å². The summed E-state index contributed by atoms with van der Waals surface area (Å²) in [5, 5.41) is 9.01. The van der Waals surface area contributed by atoms with Gasteiger partial charge in [0, 0.05) is 0 Å². The minimum Gasteiger partial charge on any atom is -0.394 e. The number of rotatable bonds is 2. The highest BCUT2D eigenvalue weighted by Crippen LogP contribution is 2.17. The van der Waals surface area contributed by atoms with Gasteiger partial charge in [-0.2, -0.15) is 0 Å². The van der Waals surface area contributed by atoms with E-state index < -0.39 is 5.54 Å². The maximum atomic E-state index is 9.01. The summed E-state index contributed by atoms with van der Waals surface area (Å²) in [6.07, 6.45) is 0. The molecule has 2 heteroatoms. The molecule has 1 atom stereocenters. The van der Waals surface area contributed by atoms with E-state index in [1.54, 1.807) is 0 Å². The largest absolute Gasteiger partial charge is 0.394 e. The number of aliphatic hydroxyl groups excluding tert-OH is 1. The first-order chi connectivity index (χ1) is 5.56. The second-order valence-corrected chi connectivity index (χ2v) is 3.45. The topological polar surface area (TPSA) is 46.2 Å². The van der Waals surface area contributed by atoms with Gasteiger partial charge in [-0.1, -0.05) is 29.8 Å². The second kappa shape index (κ2) is 3.25. The van der Waals surface area contributed by atoms with Gasteiger partial charge in [-0.25, -0.2) is 0 Å². The van der Waals surface area contributed by atoms with Crippen LogP contribution in [0.3, 0.4) is 0 Å². The molecule has 1 aromatic carbocycles. The molecule has 0 saturated carbocycles. The highest BCUT2D eigenvalue weighted by Gasteiger charge is 2.19. The van der Waals surface area contributed by atoms with E-state index in [1.807, 2.05) is 38.1 Å². The molecule has 0 spiro atoms. The summed E-state index contributed by atoms with van der Waals surface area (Å²) in [5.41, 5.74) is 7.38. The fourth-order valence-electron chi connectivity index (χ4n) is 1.09. The molecule has 0 saturated heterocycles. The van der Waals surface area contributed by atoms with Crippen molar-refractivity contribution in [2.45, 2.75) is 19.4 Å². The first-order valence-electron chi connectivity index (χ1n) is 4.03. The maximum absolute atomic E-state index is 9.01. The first kappa shape index (κ1) is 9.23. The van der Waals surface area contributed by atoms with Gasteiger partial charge in [0.05, 0.1) is 12.1 Å². The average molecular weight is 165 g/mol. The minimum atomic E-state index is -0.619. The maximum Gasteiger partial charge on any atom is 0.0650 e. The van der Waals surface area contributed by atoms with E-state index in [0.717, 1.165) is 11.1 Å². The lowest BCUT2D eigenvalue weighted by molar-refractivity contribution is 0.210. The van der Waals surface area contributed by atoms with Crippen LogP contribution in [-0.4, -0.2) is 11.7 Å². The molecule has 0 aliphatic heterocycles. The zero-order chi connectivity index (χ0) is 9.19. The van der Waals surface area contributed by atoms with Crippen molar-refractivity contribution in [3.8, 4) is 0 Å². The molecule has 0 bridgehead atoms. The first-order valence-corrected chi connectivity index (χ1v) is 4.03. The summed E-state index contributed by atoms with van der Waals surface area (Å²) in [6, 6.07) is 7.89. The summed E-state index contributed by atoms with van der Waals surface area (Å²) >= 11 is 0.